The first-order valence-corrected chi connectivity index (χ1v) is 9.65. The lowest BCUT2D eigenvalue weighted by molar-refractivity contribution is -0.117. The number of fused-ring (bicyclic) bond motifs is 2. The van der Waals surface area contributed by atoms with E-state index in [2.05, 4.69) is 20.9 Å². The molecule has 1 aliphatic carbocycles. The number of anilines is 3. The van der Waals surface area contributed by atoms with Crippen molar-refractivity contribution >= 4 is 28.9 Å². The molecule has 0 unspecified atom stereocenters. The molecule has 1 spiro atoms. The van der Waals surface area contributed by atoms with E-state index in [0.29, 0.717) is 17.8 Å². The van der Waals surface area contributed by atoms with Gasteiger partial charge in [-0.25, -0.2) is 0 Å². The van der Waals surface area contributed by atoms with Crippen LogP contribution in [0.4, 0.5) is 17.1 Å². The van der Waals surface area contributed by atoms with Crippen LogP contribution in [0.3, 0.4) is 0 Å². The van der Waals surface area contributed by atoms with Gasteiger partial charge in [0.15, 0.2) is 0 Å². The van der Waals surface area contributed by atoms with Gasteiger partial charge in [-0.3, -0.25) is 14.6 Å². The van der Waals surface area contributed by atoms with E-state index < -0.39 is 0 Å². The summed E-state index contributed by atoms with van der Waals surface area (Å²) in [6, 6.07) is 16.9. The molecular weight excluding hydrogens is 364 g/mol. The second-order valence-corrected chi connectivity index (χ2v) is 7.51. The molecule has 1 fully saturated rings. The maximum absolute atomic E-state index is 12.9. The summed E-state index contributed by atoms with van der Waals surface area (Å²) in [4.78, 5) is 29.2. The Morgan fingerprint density at radius 2 is 1.86 bits per heavy atom. The number of para-hydroxylation sites is 1. The number of carbonyl (C=O) groups excluding carboxylic acids is 2. The minimum atomic E-state index is -0.375. The van der Waals surface area contributed by atoms with Crippen LogP contribution in [0.2, 0.25) is 0 Å². The molecule has 1 aromatic heterocycles. The highest BCUT2D eigenvalue weighted by molar-refractivity contribution is 6.10. The number of rotatable bonds is 5. The molecule has 0 radical (unpaired) electrons. The molecule has 2 aliphatic rings. The maximum atomic E-state index is 12.9. The van der Waals surface area contributed by atoms with E-state index in [-0.39, 0.29) is 17.2 Å². The number of hydrogen-bond acceptors (Lipinski definition) is 4. The van der Waals surface area contributed by atoms with Gasteiger partial charge in [0.2, 0.25) is 5.91 Å². The molecule has 2 aromatic carbocycles. The van der Waals surface area contributed by atoms with E-state index in [4.69, 9.17) is 0 Å². The van der Waals surface area contributed by atoms with E-state index in [9.17, 15) is 9.59 Å². The average Bonchev–Trinajstić information content (AvgIpc) is 3.51. The summed E-state index contributed by atoms with van der Waals surface area (Å²) in [5.74, 6) is -0.119. The van der Waals surface area contributed by atoms with Gasteiger partial charge in [0.1, 0.15) is 0 Å². The highest BCUT2D eigenvalue weighted by Crippen LogP contribution is 2.55. The van der Waals surface area contributed by atoms with Crippen molar-refractivity contribution in [3.8, 4) is 0 Å². The Bertz CT molecular complexity index is 1110. The fraction of sp³-hybridized carbons (Fsp3) is 0.174. The van der Waals surface area contributed by atoms with E-state index >= 15 is 0 Å². The van der Waals surface area contributed by atoms with Gasteiger partial charge in [0.25, 0.3) is 5.91 Å². The van der Waals surface area contributed by atoms with Crippen molar-refractivity contribution in [2.45, 2.75) is 24.8 Å². The minimum Gasteiger partial charge on any atom is -0.380 e. The zero-order valence-electron chi connectivity index (χ0n) is 15.7. The standard InChI is InChI=1S/C23H20N4O2/c28-21(17-3-1-2-4-19(17)25-14-15-7-11-24-12-8-15)26-16-5-6-20-18(13-16)23(9-10-23)22(29)27-20/h1-8,11-13,25H,9-10,14H2,(H,26,28)(H,27,29). The third-order valence-electron chi connectivity index (χ3n) is 5.63. The Hall–Kier alpha value is -3.67. The van der Waals surface area contributed by atoms with Gasteiger partial charge in [-0.15, -0.1) is 0 Å². The molecule has 144 valence electrons. The van der Waals surface area contributed by atoms with Crippen LogP contribution in [0, 0.1) is 0 Å². The topological polar surface area (TPSA) is 83.1 Å². The minimum absolute atomic E-state index is 0.0710. The largest absolute Gasteiger partial charge is 0.380 e. The van der Waals surface area contributed by atoms with E-state index in [0.717, 1.165) is 35.3 Å². The van der Waals surface area contributed by atoms with Crippen LogP contribution >= 0.6 is 0 Å². The van der Waals surface area contributed by atoms with Gasteiger partial charge in [-0.05, 0) is 66.4 Å². The lowest BCUT2D eigenvalue weighted by Crippen LogP contribution is -2.18. The van der Waals surface area contributed by atoms with Crippen molar-refractivity contribution in [3.63, 3.8) is 0 Å². The van der Waals surface area contributed by atoms with Gasteiger partial charge >= 0.3 is 0 Å². The lowest BCUT2D eigenvalue weighted by Gasteiger charge is -2.13. The van der Waals surface area contributed by atoms with Crippen molar-refractivity contribution in [2.75, 3.05) is 16.0 Å². The highest BCUT2D eigenvalue weighted by atomic mass is 16.2. The van der Waals surface area contributed by atoms with Crippen molar-refractivity contribution in [1.82, 2.24) is 4.98 Å². The Labute approximate surface area is 168 Å². The number of nitrogens with zero attached hydrogens (tertiary/aromatic N) is 1. The molecule has 0 saturated heterocycles. The highest BCUT2D eigenvalue weighted by Gasteiger charge is 2.56. The molecule has 1 saturated carbocycles. The van der Waals surface area contributed by atoms with Crippen LogP contribution in [0.5, 0.6) is 0 Å². The average molecular weight is 384 g/mol. The van der Waals surface area contributed by atoms with E-state index in [1.54, 1.807) is 18.5 Å². The summed E-state index contributed by atoms with van der Waals surface area (Å²) in [5.41, 5.74) is 4.58. The number of benzene rings is 2. The van der Waals surface area contributed by atoms with Crippen LogP contribution in [0.1, 0.15) is 34.3 Å². The first kappa shape index (κ1) is 17.4. The van der Waals surface area contributed by atoms with Gasteiger partial charge in [0, 0.05) is 36.0 Å². The second kappa shape index (κ2) is 6.74. The molecule has 0 bridgehead atoms. The molecule has 2 amide bonds. The predicted octanol–water partition coefficient (Wildman–Crippen LogP) is 3.93. The van der Waals surface area contributed by atoms with Crippen molar-refractivity contribution < 1.29 is 9.59 Å². The molecule has 29 heavy (non-hydrogen) atoms. The number of hydrogen-bond donors (Lipinski definition) is 3. The Kier molecular flexibility index (Phi) is 4.05. The number of pyridine rings is 1. The number of aromatic nitrogens is 1. The first-order chi connectivity index (χ1) is 14.2. The summed E-state index contributed by atoms with van der Waals surface area (Å²) in [6.45, 7) is 0.599. The summed E-state index contributed by atoms with van der Waals surface area (Å²) in [5, 5.41) is 9.24. The molecule has 1 aliphatic heterocycles. The van der Waals surface area contributed by atoms with Gasteiger partial charge in [-0.1, -0.05) is 12.1 Å². The van der Waals surface area contributed by atoms with Crippen molar-refractivity contribution in [1.29, 1.82) is 0 Å². The number of amides is 2. The predicted molar refractivity (Wildman–Crippen MR) is 112 cm³/mol. The summed E-state index contributed by atoms with van der Waals surface area (Å²) in [7, 11) is 0. The van der Waals surface area contributed by atoms with Gasteiger partial charge in [0.05, 0.1) is 11.0 Å². The third kappa shape index (κ3) is 3.12. The monoisotopic (exact) mass is 384 g/mol. The molecule has 5 rings (SSSR count). The Morgan fingerprint density at radius 1 is 1.07 bits per heavy atom. The zero-order valence-corrected chi connectivity index (χ0v) is 15.7. The third-order valence-corrected chi connectivity index (χ3v) is 5.63. The molecule has 3 N–H and O–H groups in total. The molecule has 2 heterocycles. The van der Waals surface area contributed by atoms with Crippen molar-refractivity contribution in [3.05, 3.63) is 83.7 Å². The lowest BCUT2D eigenvalue weighted by atomic mass is 9.97. The zero-order chi connectivity index (χ0) is 19.8. The molecule has 6 nitrogen and oxygen atoms in total. The van der Waals surface area contributed by atoms with E-state index in [1.807, 2.05) is 48.5 Å². The molecular formula is C23H20N4O2. The maximum Gasteiger partial charge on any atom is 0.257 e. The number of carbonyl (C=O) groups is 2. The quantitative estimate of drug-likeness (QED) is 0.622. The van der Waals surface area contributed by atoms with Crippen LogP contribution in [-0.2, 0) is 16.8 Å². The summed E-state index contributed by atoms with van der Waals surface area (Å²) in [6.07, 6.45) is 5.22. The van der Waals surface area contributed by atoms with Crippen LogP contribution in [0.25, 0.3) is 0 Å². The van der Waals surface area contributed by atoms with E-state index in [1.165, 1.54) is 0 Å². The fourth-order valence-corrected chi connectivity index (χ4v) is 3.84. The summed E-state index contributed by atoms with van der Waals surface area (Å²) >= 11 is 0. The van der Waals surface area contributed by atoms with Crippen LogP contribution in [-0.4, -0.2) is 16.8 Å². The van der Waals surface area contributed by atoms with Crippen molar-refractivity contribution in [2.24, 2.45) is 0 Å². The molecule has 3 aromatic rings. The van der Waals surface area contributed by atoms with Gasteiger partial charge < -0.3 is 16.0 Å². The molecule has 0 atom stereocenters. The smallest absolute Gasteiger partial charge is 0.257 e. The SMILES string of the molecule is O=C(Nc1ccc2c(c1)C1(CC1)C(=O)N2)c1ccccc1NCc1ccncc1. The number of nitrogens with one attached hydrogen (secondary N) is 3. The fourth-order valence-electron chi connectivity index (χ4n) is 3.84. The molecule has 6 heteroatoms. The van der Waals surface area contributed by atoms with Crippen LogP contribution in [0.15, 0.2) is 67.0 Å². The first-order valence-electron chi connectivity index (χ1n) is 9.65. The summed E-state index contributed by atoms with van der Waals surface area (Å²) < 4.78 is 0. The normalized spacial score (nSPS) is 15.5. The van der Waals surface area contributed by atoms with Crippen LogP contribution < -0.4 is 16.0 Å². The Morgan fingerprint density at radius 3 is 2.66 bits per heavy atom. The van der Waals surface area contributed by atoms with Gasteiger partial charge in [-0.2, -0.15) is 0 Å². The Balaban J connectivity index is 1.34. The second-order valence-electron chi connectivity index (χ2n) is 7.51.